The second-order valence-electron chi connectivity index (χ2n) is 5.25. The summed E-state index contributed by atoms with van der Waals surface area (Å²) < 4.78 is 65.5. The Hall–Kier alpha value is -2.49. The van der Waals surface area contributed by atoms with Crippen molar-refractivity contribution in [1.29, 1.82) is 0 Å². The fourth-order valence-corrected chi connectivity index (χ4v) is 3.73. The van der Waals surface area contributed by atoms with Crippen molar-refractivity contribution < 1.29 is 31.5 Å². The molecule has 3 rings (SSSR count). The molecule has 0 aliphatic carbocycles. The number of hydrogen-bond donors (Lipinski definition) is 2. The highest BCUT2D eigenvalue weighted by Crippen LogP contribution is 2.38. The largest absolute Gasteiger partial charge is 0.506 e. The van der Waals surface area contributed by atoms with Crippen molar-refractivity contribution in [2.24, 2.45) is 0 Å². The molecule has 6 nitrogen and oxygen atoms in total. The Morgan fingerprint density at radius 2 is 2.00 bits per heavy atom. The fourth-order valence-electron chi connectivity index (χ4n) is 2.56. The van der Waals surface area contributed by atoms with Crippen LogP contribution in [0.3, 0.4) is 0 Å². The molecule has 0 bridgehead atoms. The number of hydrogen-bond acceptors (Lipinski definition) is 4. The van der Waals surface area contributed by atoms with Gasteiger partial charge in [0.2, 0.25) is 6.43 Å². The van der Waals surface area contributed by atoms with Crippen molar-refractivity contribution in [3.05, 3.63) is 35.6 Å². The maximum atomic E-state index is 14.8. The summed E-state index contributed by atoms with van der Waals surface area (Å²) in [4.78, 5) is 11.3. The summed E-state index contributed by atoms with van der Waals surface area (Å²) >= 11 is 0. The number of anilines is 1. The van der Waals surface area contributed by atoms with E-state index in [4.69, 9.17) is 0 Å². The lowest BCUT2D eigenvalue weighted by Gasteiger charge is -2.18. The first-order valence-corrected chi connectivity index (χ1v) is 8.18. The van der Waals surface area contributed by atoms with E-state index < -0.39 is 52.8 Å². The number of phenols is 1. The number of fused-ring (bicyclic) bond motifs is 1. The molecule has 2 aromatic carbocycles. The molecule has 1 aliphatic rings. The van der Waals surface area contributed by atoms with Crippen LogP contribution in [0, 0.1) is 5.82 Å². The smallest absolute Gasteiger partial charge is 0.326 e. The van der Waals surface area contributed by atoms with Crippen LogP contribution in [-0.4, -0.2) is 32.4 Å². The molecule has 0 saturated carbocycles. The van der Waals surface area contributed by atoms with Crippen molar-refractivity contribution in [3.8, 4) is 5.75 Å². The van der Waals surface area contributed by atoms with Crippen LogP contribution in [0.4, 0.5) is 18.9 Å². The summed E-state index contributed by atoms with van der Waals surface area (Å²) in [6.07, 6.45) is -3.21. The minimum absolute atomic E-state index is 0.129. The van der Waals surface area contributed by atoms with Crippen LogP contribution >= 0.6 is 0 Å². The van der Waals surface area contributed by atoms with Gasteiger partial charge in [0.15, 0.2) is 5.82 Å². The predicted octanol–water partition coefficient (Wildman–Crippen LogP) is 1.67. The van der Waals surface area contributed by atoms with Crippen LogP contribution in [0.5, 0.6) is 5.75 Å². The van der Waals surface area contributed by atoms with Crippen LogP contribution in [0.15, 0.2) is 24.3 Å². The molecule has 1 saturated heterocycles. The van der Waals surface area contributed by atoms with Gasteiger partial charge in [-0.05, 0) is 23.1 Å². The number of phenolic OH excluding ortho intramolecular Hbond substituents is 1. The van der Waals surface area contributed by atoms with Crippen molar-refractivity contribution >= 4 is 32.6 Å². The van der Waals surface area contributed by atoms with Crippen LogP contribution in [0.25, 0.3) is 10.8 Å². The summed E-state index contributed by atoms with van der Waals surface area (Å²) in [6, 6.07) is 4.99. The van der Waals surface area contributed by atoms with E-state index in [0.717, 1.165) is 12.1 Å². The van der Waals surface area contributed by atoms with Gasteiger partial charge < -0.3 is 5.11 Å². The third-order valence-electron chi connectivity index (χ3n) is 3.56. The van der Waals surface area contributed by atoms with Gasteiger partial charge in [0.1, 0.15) is 18.0 Å². The molecule has 1 heterocycles. The number of aromatic hydroxyl groups is 1. The molecule has 2 N–H and O–H groups in total. The van der Waals surface area contributed by atoms with E-state index in [1.54, 1.807) is 4.72 Å². The van der Waals surface area contributed by atoms with Crippen LogP contribution < -0.4 is 9.03 Å². The molecular formula is C14H11F3N2O4S. The van der Waals surface area contributed by atoms with Gasteiger partial charge in [-0.1, -0.05) is 12.1 Å². The molecule has 0 spiro atoms. The Labute approximate surface area is 134 Å². The molecule has 0 unspecified atom stereocenters. The fraction of sp³-hybridized carbons (Fsp3) is 0.214. The quantitative estimate of drug-likeness (QED) is 0.872. The van der Waals surface area contributed by atoms with Gasteiger partial charge >= 0.3 is 10.2 Å². The Balaban J connectivity index is 2.20. The van der Waals surface area contributed by atoms with E-state index in [-0.39, 0.29) is 16.3 Å². The standard InChI is InChI=1S/C14H11F3N2O4S/c15-11(16)4-7-1-2-8-5-10(20)14(13(17)9(8)3-7)19-6-12(21)18-24(19,22)23/h1-3,5,11,20H,4,6H2,(H,18,21). The molecule has 1 fully saturated rings. The van der Waals surface area contributed by atoms with Gasteiger partial charge in [0.25, 0.3) is 5.91 Å². The molecule has 128 valence electrons. The maximum absolute atomic E-state index is 14.8. The molecule has 0 atom stereocenters. The number of alkyl halides is 2. The molecule has 1 aliphatic heterocycles. The van der Waals surface area contributed by atoms with Gasteiger partial charge in [-0.25, -0.2) is 22.2 Å². The van der Waals surface area contributed by atoms with Crippen LogP contribution in [0.1, 0.15) is 5.56 Å². The van der Waals surface area contributed by atoms with Crippen molar-refractivity contribution in [1.82, 2.24) is 4.72 Å². The van der Waals surface area contributed by atoms with Crippen molar-refractivity contribution in [3.63, 3.8) is 0 Å². The summed E-state index contributed by atoms with van der Waals surface area (Å²) in [5, 5.41) is 10.1. The zero-order valence-corrected chi connectivity index (χ0v) is 12.8. The minimum Gasteiger partial charge on any atom is -0.506 e. The lowest BCUT2D eigenvalue weighted by Crippen LogP contribution is -2.30. The predicted molar refractivity (Wildman–Crippen MR) is 79.7 cm³/mol. The van der Waals surface area contributed by atoms with E-state index in [2.05, 4.69) is 0 Å². The van der Waals surface area contributed by atoms with E-state index >= 15 is 0 Å². The molecule has 0 radical (unpaired) electrons. The van der Waals surface area contributed by atoms with Gasteiger partial charge in [-0.15, -0.1) is 0 Å². The summed E-state index contributed by atoms with van der Waals surface area (Å²) in [5.74, 6) is -2.66. The highest BCUT2D eigenvalue weighted by Gasteiger charge is 2.37. The minimum atomic E-state index is -4.32. The van der Waals surface area contributed by atoms with Gasteiger partial charge in [-0.3, -0.25) is 4.79 Å². The van der Waals surface area contributed by atoms with Crippen LogP contribution in [0.2, 0.25) is 0 Å². The first-order chi connectivity index (χ1) is 11.2. The maximum Gasteiger partial charge on any atom is 0.326 e. The Bertz CT molecular complexity index is 947. The topological polar surface area (TPSA) is 86.7 Å². The summed E-state index contributed by atoms with van der Waals surface area (Å²) in [5.41, 5.74) is -0.540. The molecule has 2 aromatic rings. The monoisotopic (exact) mass is 360 g/mol. The Morgan fingerprint density at radius 3 is 2.58 bits per heavy atom. The number of carbonyl (C=O) groups excluding carboxylic acids is 1. The van der Waals surface area contributed by atoms with Gasteiger partial charge in [-0.2, -0.15) is 8.42 Å². The first kappa shape index (κ1) is 16.4. The van der Waals surface area contributed by atoms with Gasteiger partial charge in [0.05, 0.1) is 0 Å². The third-order valence-corrected chi connectivity index (χ3v) is 4.93. The molecule has 24 heavy (non-hydrogen) atoms. The average Bonchev–Trinajstić information content (AvgIpc) is 2.72. The zero-order valence-electron chi connectivity index (χ0n) is 12.0. The number of rotatable bonds is 3. The average molecular weight is 360 g/mol. The SMILES string of the molecule is O=C1CN(c2c(O)cc3ccc(CC(F)F)cc3c2F)S(=O)(=O)N1. The Kier molecular flexibility index (Phi) is 3.78. The van der Waals surface area contributed by atoms with Crippen molar-refractivity contribution in [2.75, 3.05) is 10.8 Å². The normalized spacial score (nSPS) is 16.8. The highest BCUT2D eigenvalue weighted by molar-refractivity contribution is 7.92. The zero-order chi connectivity index (χ0) is 17.6. The molecule has 10 heteroatoms. The second kappa shape index (κ2) is 5.55. The third kappa shape index (κ3) is 2.73. The second-order valence-corrected chi connectivity index (χ2v) is 6.84. The van der Waals surface area contributed by atoms with Gasteiger partial charge in [0, 0.05) is 11.8 Å². The first-order valence-electron chi connectivity index (χ1n) is 6.74. The highest BCUT2D eigenvalue weighted by atomic mass is 32.2. The summed E-state index contributed by atoms with van der Waals surface area (Å²) in [6.45, 7) is -0.685. The lowest BCUT2D eigenvalue weighted by atomic mass is 10.0. The van der Waals surface area contributed by atoms with E-state index in [9.17, 15) is 31.5 Å². The molecule has 1 amide bonds. The number of nitrogens with one attached hydrogen (secondary N) is 1. The summed E-state index contributed by atoms with van der Waals surface area (Å²) in [7, 11) is -4.32. The number of nitrogens with zero attached hydrogens (tertiary/aromatic N) is 1. The van der Waals surface area contributed by atoms with E-state index in [1.165, 1.54) is 12.1 Å². The van der Waals surface area contributed by atoms with Crippen molar-refractivity contribution in [2.45, 2.75) is 12.8 Å². The number of amides is 1. The van der Waals surface area contributed by atoms with E-state index in [0.29, 0.717) is 4.31 Å². The number of carbonyl (C=O) groups is 1. The molecular weight excluding hydrogens is 349 g/mol. The number of halogens is 3. The molecule has 0 aromatic heterocycles. The number of benzene rings is 2. The lowest BCUT2D eigenvalue weighted by molar-refractivity contribution is -0.117. The van der Waals surface area contributed by atoms with E-state index in [1.807, 2.05) is 0 Å². The Morgan fingerprint density at radius 1 is 1.29 bits per heavy atom. The van der Waals surface area contributed by atoms with Crippen LogP contribution in [-0.2, 0) is 21.4 Å².